The summed E-state index contributed by atoms with van der Waals surface area (Å²) in [4.78, 5) is 14.5. The van der Waals surface area contributed by atoms with Crippen LogP contribution in [-0.2, 0) is 80.7 Å². The molecule has 7 heteroatoms. The van der Waals surface area contributed by atoms with Crippen LogP contribution in [0.4, 0.5) is 0 Å². The largest absolute Gasteiger partial charge is 0.348 e. The molecule has 0 aromatic carbocycles. The first kappa shape index (κ1) is 16.6. The van der Waals surface area contributed by atoms with Crippen LogP contribution in [0.25, 0.3) is 9.75 Å². The second-order valence-electron chi connectivity index (χ2n) is 3.86. The van der Waals surface area contributed by atoms with E-state index in [4.69, 9.17) is 9.47 Å². The van der Waals surface area contributed by atoms with Crippen LogP contribution in [0, 0.1) is 10.8 Å². The summed E-state index contributed by atoms with van der Waals surface area (Å²) in [6.45, 7) is 0.897. The van der Waals surface area contributed by atoms with Crippen molar-refractivity contribution in [2.24, 2.45) is 0 Å². The van der Waals surface area contributed by atoms with Gasteiger partial charge in [-0.1, -0.05) is 0 Å². The van der Waals surface area contributed by atoms with Gasteiger partial charge in [-0.3, -0.25) is 0 Å². The number of rotatable bonds is 0. The first-order chi connectivity index (χ1) is 8.33. The maximum Gasteiger partial charge on any atom is 0.190 e. The van der Waals surface area contributed by atoms with Crippen molar-refractivity contribution in [3.63, 3.8) is 0 Å². The van der Waals surface area contributed by atoms with E-state index >= 15 is 0 Å². The van der Waals surface area contributed by atoms with Gasteiger partial charge in [-0.25, -0.2) is 0 Å². The summed E-state index contributed by atoms with van der Waals surface area (Å²) < 4.78 is 11.2. The molecule has 19 heavy (non-hydrogen) atoms. The normalized spacial score (nSPS) is 18.4. The fraction of sp³-hybridized carbons (Fsp3) is 0.250. The zero-order valence-electron chi connectivity index (χ0n) is 9.76. The summed E-state index contributed by atoms with van der Waals surface area (Å²) in [6.07, 6.45) is 0. The van der Waals surface area contributed by atoms with Gasteiger partial charge in [0.25, 0.3) is 0 Å². The van der Waals surface area contributed by atoms with Crippen LogP contribution < -0.4 is 0 Å². The van der Waals surface area contributed by atoms with Crippen molar-refractivity contribution in [3.05, 3.63) is 34.0 Å². The minimum Gasteiger partial charge on any atom is -0.348 e. The van der Waals surface area contributed by atoms with Crippen LogP contribution in [0.5, 0.6) is 0 Å². The summed E-state index contributed by atoms with van der Waals surface area (Å²) in [5.74, 6) is -1.32. The van der Waals surface area contributed by atoms with Gasteiger partial charge in [0, 0.05) is 65.4 Å². The van der Waals surface area contributed by atoms with Gasteiger partial charge in [0.15, 0.2) is 5.79 Å². The summed E-state index contributed by atoms with van der Waals surface area (Å²) >= 11 is 2.94. The number of carbonyl (C=O) groups is 1. The molecule has 0 atom stereocenters. The molecule has 2 aromatic heterocycles. The Morgan fingerprint density at radius 2 is 1.68 bits per heavy atom. The Morgan fingerprint density at radius 1 is 1.05 bits per heavy atom. The molecule has 0 saturated carbocycles. The number of thiophene rings is 2. The van der Waals surface area contributed by atoms with Crippen LogP contribution in [-0.4, -0.2) is 19.0 Å². The van der Waals surface area contributed by atoms with Gasteiger partial charge >= 0.3 is 0 Å². The molecule has 3 heterocycles. The summed E-state index contributed by atoms with van der Waals surface area (Å²) in [7, 11) is 0. The molecule has 1 aliphatic carbocycles. The number of ether oxygens (including phenoxy) is 2. The third kappa shape index (κ3) is 2.25. The van der Waals surface area contributed by atoms with E-state index in [-0.39, 0.29) is 71.2 Å². The summed E-state index contributed by atoms with van der Waals surface area (Å²) in [5.41, 5.74) is 1.45. The van der Waals surface area contributed by atoms with E-state index in [0.717, 1.165) is 15.3 Å². The average Bonchev–Trinajstić information content (AvgIpc) is 3.06. The van der Waals surface area contributed by atoms with E-state index in [9.17, 15) is 4.79 Å². The second-order valence-corrected chi connectivity index (χ2v) is 5.55. The predicted octanol–water partition coefficient (Wildman–Crippen LogP) is 2.47. The number of hydrogen-bond donors (Lipinski definition) is 0. The van der Waals surface area contributed by atoms with Crippen molar-refractivity contribution >= 4 is 28.5 Å². The molecule has 0 bridgehead atoms. The van der Waals surface area contributed by atoms with E-state index in [1.165, 1.54) is 22.7 Å². The first-order valence-electron chi connectivity index (χ1n) is 5.16. The molecular weight excluding hydrogens is 434 g/mol. The van der Waals surface area contributed by atoms with Gasteiger partial charge in [0.2, 0.25) is 0 Å². The van der Waals surface area contributed by atoms with Crippen molar-refractivity contribution < 1.29 is 79.7 Å². The van der Waals surface area contributed by atoms with Crippen molar-refractivity contribution in [1.82, 2.24) is 0 Å². The number of hydrogen-bond acceptors (Lipinski definition) is 5. The number of ketones is 1. The molecule has 1 saturated heterocycles. The molecule has 1 spiro atoms. The molecule has 1 aliphatic heterocycles. The minimum absolute atomic E-state index is 0. The quantitative estimate of drug-likeness (QED) is 0.591. The number of carbonyl (C=O) groups excluding carboxylic acids is 1. The Kier molecular flexibility index (Phi) is 5.35. The van der Waals surface area contributed by atoms with E-state index in [2.05, 4.69) is 10.8 Å². The van der Waals surface area contributed by atoms with Gasteiger partial charge in [-0.2, -0.15) is 21.9 Å². The monoisotopic (exact) mass is 440 g/mol. The molecule has 3 nitrogen and oxygen atoms in total. The van der Waals surface area contributed by atoms with Gasteiger partial charge in [0.05, 0.1) is 13.2 Å². The molecule has 2 radical (unpaired) electrons. The molecule has 1 fully saturated rings. The van der Waals surface area contributed by atoms with Crippen LogP contribution >= 0.6 is 22.7 Å². The molecule has 4 rings (SSSR count). The number of fused-ring (bicyclic) bond motifs is 4. The molecule has 0 unspecified atom stereocenters. The molecule has 0 amide bonds. The van der Waals surface area contributed by atoms with E-state index in [1.807, 2.05) is 0 Å². The SMILES string of the molecule is O=C1c2c[c-]sc2-c2s[c-]cc2C12OCCO2.[Y].[Y]. The predicted molar refractivity (Wildman–Crippen MR) is 63.2 cm³/mol. The van der Waals surface area contributed by atoms with Crippen LogP contribution in [0.15, 0.2) is 12.1 Å². The van der Waals surface area contributed by atoms with Crippen LogP contribution in [0.2, 0.25) is 0 Å². The maximum atomic E-state index is 12.5. The van der Waals surface area contributed by atoms with Crippen molar-refractivity contribution in [3.8, 4) is 9.75 Å². The first-order valence-corrected chi connectivity index (χ1v) is 6.79. The fourth-order valence-electron chi connectivity index (χ4n) is 2.28. The topological polar surface area (TPSA) is 35.5 Å². The van der Waals surface area contributed by atoms with Crippen molar-refractivity contribution in [2.75, 3.05) is 13.2 Å². The van der Waals surface area contributed by atoms with Gasteiger partial charge < -0.3 is 36.9 Å². The van der Waals surface area contributed by atoms with Crippen LogP contribution in [0.1, 0.15) is 15.9 Å². The fourth-order valence-corrected chi connectivity index (χ4v) is 4.09. The minimum atomic E-state index is -1.21. The molecule has 92 valence electrons. The summed E-state index contributed by atoms with van der Waals surface area (Å²) in [5, 5.41) is 6.08. The Labute approximate surface area is 168 Å². The zero-order chi connectivity index (χ0) is 11.5. The Morgan fingerprint density at radius 3 is 2.42 bits per heavy atom. The smallest absolute Gasteiger partial charge is 0.190 e. The Hall–Kier alpha value is 1.20. The molecule has 2 aromatic rings. The van der Waals surface area contributed by atoms with Gasteiger partial charge in [-0.05, 0) is 0 Å². The Balaban J connectivity index is 0.000000667. The average molecular weight is 440 g/mol. The summed E-state index contributed by atoms with van der Waals surface area (Å²) in [6, 6.07) is 3.52. The zero-order valence-corrected chi connectivity index (χ0v) is 17.1. The van der Waals surface area contributed by atoms with Crippen molar-refractivity contribution in [2.45, 2.75) is 5.79 Å². The van der Waals surface area contributed by atoms with Gasteiger partial charge in [-0.15, -0.1) is 21.9 Å². The third-order valence-corrected chi connectivity index (χ3v) is 4.87. The van der Waals surface area contributed by atoms with E-state index in [1.54, 1.807) is 12.1 Å². The molecule has 2 aliphatic rings. The van der Waals surface area contributed by atoms with Crippen LogP contribution in [0.3, 0.4) is 0 Å². The second kappa shape index (κ2) is 6.13. The number of Topliss-reactive ketones (excluding diaryl/α,β-unsaturated/α-hetero) is 1. The molecular formula is C12H6O3S2Y2-2. The standard InChI is InChI=1S/C12H6O3S2.2Y/c13-11-7-1-5-16-9(7)10-8(2-6-17-10)12(11)14-3-4-15-12;;/h1-2H,3-4H2;;/q-2;;. The van der Waals surface area contributed by atoms with Gasteiger partial charge in [0.1, 0.15) is 5.78 Å². The van der Waals surface area contributed by atoms with E-state index < -0.39 is 5.79 Å². The Bertz CT molecular complexity index is 614. The third-order valence-electron chi connectivity index (χ3n) is 3.02. The maximum absolute atomic E-state index is 12.5. The van der Waals surface area contributed by atoms with Crippen molar-refractivity contribution in [1.29, 1.82) is 0 Å². The molecule has 0 N–H and O–H groups in total. The van der Waals surface area contributed by atoms with E-state index in [0.29, 0.717) is 18.8 Å².